The highest BCUT2D eigenvalue weighted by atomic mass is 16.5. The highest BCUT2D eigenvalue weighted by molar-refractivity contribution is 5.84. The van der Waals surface area contributed by atoms with Gasteiger partial charge in [0.1, 0.15) is 5.41 Å². The summed E-state index contributed by atoms with van der Waals surface area (Å²) in [7, 11) is 1.41. The molecule has 1 aromatic carbocycles. The molecule has 1 fully saturated rings. The summed E-state index contributed by atoms with van der Waals surface area (Å²) >= 11 is 0. The quantitative estimate of drug-likeness (QED) is 0.797. The lowest BCUT2D eigenvalue weighted by Crippen LogP contribution is -2.42. The number of likely N-dealkylation sites (tertiary alicyclic amines) is 1. The second kappa shape index (κ2) is 8.10. The molecule has 2 aromatic rings. The van der Waals surface area contributed by atoms with Gasteiger partial charge in [0.05, 0.1) is 25.9 Å². The van der Waals surface area contributed by atoms with E-state index in [0.717, 1.165) is 11.3 Å². The first-order valence-corrected chi connectivity index (χ1v) is 8.67. The van der Waals surface area contributed by atoms with E-state index in [-0.39, 0.29) is 18.4 Å². The van der Waals surface area contributed by atoms with Crippen LogP contribution in [0.25, 0.3) is 0 Å². The zero-order valence-corrected chi connectivity index (χ0v) is 14.9. The standard InChI is InChI=1S/C20H23N3O3/c1-26-19(25)20(16-7-3-2-4-8-16)10-12-23(15-20)14-18(24)22-13-17-9-5-6-11-21-17/h2-9,11H,10,12-15H2,1H3,(H,22,24). The topological polar surface area (TPSA) is 71.5 Å². The van der Waals surface area contributed by atoms with Crippen molar-refractivity contribution in [3.8, 4) is 0 Å². The molecule has 3 rings (SSSR count). The summed E-state index contributed by atoms with van der Waals surface area (Å²) in [6, 6.07) is 15.2. The molecule has 1 aliphatic rings. The van der Waals surface area contributed by atoms with Gasteiger partial charge >= 0.3 is 5.97 Å². The first-order valence-electron chi connectivity index (χ1n) is 8.67. The molecule has 1 saturated heterocycles. The largest absolute Gasteiger partial charge is 0.468 e. The number of carbonyl (C=O) groups excluding carboxylic acids is 2. The first kappa shape index (κ1) is 18.1. The maximum absolute atomic E-state index is 12.5. The first-order chi connectivity index (χ1) is 12.6. The predicted molar refractivity (Wildman–Crippen MR) is 97.3 cm³/mol. The monoisotopic (exact) mass is 353 g/mol. The Morgan fingerprint density at radius 3 is 2.65 bits per heavy atom. The van der Waals surface area contributed by atoms with Crippen molar-refractivity contribution in [2.45, 2.75) is 18.4 Å². The third-order valence-corrected chi connectivity index (χ3v) is 4.81. The molecule has 0 radical (unpaired) electrons. The molecule has 2 heterocycles. The van der Waals surface area contributed by atoms with Gasteiger partial charge in [-0.2, -0.15) is 0 Å². The Hall–Kier alpha value is -2.73. The van der Waals surface area contributed by atoms with Crippen molar-refractivity contribution in [2.75, 3.05) is 26.7 Å². The number of amides is 1. The summed E-state index contributed by atoms with van der Waals surface area (Å²) in [5, 5.41) is 2.88. The lowest BCUT2D eigenvalue weighted by Gasteiger charge is -2.27. The number of esters is 1. The smallest absolute Gasteiger partial charge is 0.317 e. The van der Waals surface area contributed by atoms with Crippen molar-refractivity contribution >= 4 is 11.9 Å². The van der Waals surface area contributed by atoms with Crippen molar-refractivity contribution in [1.29, 1.82) is 0 Å². The number of nitrogens with one attached hydrogen (secondary N) is 1. The van der Waals surface area contributed by atoms with Gasteiger partial charge in [-0.05, 0) is 24.1 Å². The fourth-order valence-corrected chi connectivity index (χ4v) is 3.45. The van der Waals surface area contributed by atoms with Crippen LogP contribution in [-0.4, -0.2) is 48.5 Å². The maximum Gasteiger partial charge on any atom is 0.317 e. The van der Waals surface area contributed by atoms with E-state index in [1.165, 1.54) is 7.11 Å². The van der Waals surface area contributed by atoms with Gasteiger partial charge < -0.3 is 10.1 Å². The molecule has 0 saturated carbocycles. The fourth-order valence-electron chi connectivity index (χ4n) is 3.45. The van der Waals surface area contributed by atoms with Gasteiger partial charge in [0.15, 0.2) is 0 Å². The molecule has 0 bridgehead atoms. The molecule has 1 aromatic heterocycles. The Kier molecular flexibility index (Phi) is 5.63. The van der Waals surface area contributed by atoms with Gasteiger partial charge in [-0.3, -0.25) is 19.5 Å². The van der Waals surface area contributed by atoms with E-state index in [4.69, 9.17) is 4.74 Å². The van der Waals surface area contributed by atoms with E-state index >= 15 is 0 Å². The Labute approximate surface area is 153 Å². The van der Waals surface area contributed by atoms with Crippen molar-refractivity contribution in [2.24, 2.45) is 0 Å². The minimum Gasteiger partial charge on any atom is -0.468 e. The number of nitrogens with zero attached hydrogens (tertiary/aromatic N) is 2. The van der Waals surface area contributed by atoms with Crippen LogP contribution in [0.4, 0.5) is 0 Å². The van der Waals surface area contributed by atoms with Crippen LogP contribution in [0.1, 0.15) is 17.7 Å². The van der Waals surface area contributed by atoms with Gasteiger partial charge in [0, 0.05) is 19.3 Å². The van der Waals surface area contributed by atoms with Crippen molar-refractivity contribution in [3.05, 3.63) is 66.0 Å². The number of hydrogen-bond acceptors (Lipinski definition) is 5. The highest BCUT2D eigenvalue weighted by Gasteiger charge is 2.47. The summed E-state index contributed by atoms with van der Waals surface area (Å²) in [6.45, 7) is 1.79. The minimum absolute atomic E-state index is 0.0793. The second-order valence-corrected chi connectivity index (χ2v) is 6.50. The van der Waals surface area contributed by atoms with E-state index in [2.05, 4.69) is 10.3 Å². The van der Waals surface area contributed by atoms with Gasteiger partial charge in [-0.15, -0.1) is 0 Å². The number of benzene rings is 1. The van der Waals surface area contributed by atoms with E-state index in [9.17, 15) is 9.59 Å². The molecule has 1 N–H and O–H groups in total. The molecule has 136 valence electrons. The van der Waals surface area contributed by atoms with E-state index in [1.807, 2.05) is 53.4 Å². The lowest BCUT2D eigenvalue weighted by molar-refractivity contribution is -0.147. The zero-order chi connectivity index (χ0) is 18.4. The molecule has 6 heteroatoms. The molecule has 0 aliphatic carbocycles. The average molecular weight is 353 g/mol. The van der Waals surface area contributed by atoms with Crippen LogP contribution in [0, 0.1) is 0 Å². The highest BCUT2D eigenvalue weighted by Crippen LogP contribution is 2.35. The Balaban J connectivity index is 1.62. The number of hydrogen-bond donors (Lipinski definition) is 1. The van der Waals surface area contributed by atoms with Crippen LogP contribution in [0.15, 0.2) is 54.7 Å². The summed E-state index contributed by atoms with van der Waals surface area (Å²) in [5.41, 5.74) is 1.04. The zero-order valence-electron chi connectivity index (χ0n) is 14.9. The fraction of sp³-hybridized carbons (Fsp3) is 0.350. The Morgan fingerprint density at radius 1 is 1.19 bits per heavy atom. The number of ether oxygens (including phenoxy) is 1. The lowest BCUT2D eigenvalue weighted by atomic mass is 9.79. The number of methoxy groups -OCH3 is 1. The molecule has 1 amide bonds. The van der Waals surface area contributed by atoms with Crippen LogP contribution >= 0.6 is 0 Å². The van der Waals surface area contributed by atoms with E-state index in [1.54, 1.807) is 6.20 Å². The van der Waals surface area contributed by atoms with Crippen LogP contribution in [-0.2, 0) is 26.3 Å². The SMILES string of the molecule is COC(=O)C1(c2ccccc2)CCN(CC(=O)NCc2ccccn2)C1. The Morgan fingerprint density at radius 2 is 1.96 bits per heavy atom. The summed E-state index contributed by atoms with van der Waals surface area (Å²) < 4.78 is 5.08. The average Bonchev–Trinajstić information content (AvgIpc) is 3.12. The van der Waals surface area contributed by atoms with Crippen LogP contribution in [0.5, 0.6) is 0 Å². The van der Waals surface area contributed by atoms with Crippen LogP contribution < -0.4 is 5.32 Å². The third-order valence-electron chi connectivity index (χ3n) is 4.81. The summed E-state index contributed by atoms with van der Waals surface area (Å²) in [4.78, 5) is 31.0. The molecular weight excluding hydrogens is 330 g/mol. The van der Waals surface area contributed by atoms with Gasteiger partial charge in [0.25, 0.3) is 0 Å². The number of aromatic nitrogens is 1. The van der Waals surface area contributed by atoms with Crippen molar-refractivity contribution in [3.63, 3.8) is 0 Å². The molecule has 1 unspecified atom stereocenters. The second-order valence-electron chi connectivity index (χ2n) is 6.50. The number of carbonyl (C=O) groups is 2. The molecule has 1 atom stereocenters. The normalized spacial score (nSPS) is 19.9. The predicted octanol–water partition coefficient (Wildman–Crippen LogP) is 1.51. The number of pyridine rings is 1. The van der Waals surface area contributed by atoms with Gasteiger partial charge in [0.2, 0.25) is 5.91 Å². The van der Waals surface area contributed by atoms with Gasteiger partial charge in [-0.25, -0.2) is 0 Å². The van der Waals surface area contributed by atoms with E-state index < -0.39 is 5.41 Å². The van der Waals surface area contributed by atoms with Crippen molar-refractivity contribution in [1.82, 2.24) is 15.2 Å². The molecule has 0 spiro atoms. The van der Waals surface area contributed by atoms with Crippen LogP contribution in [0.3, 0.4) is 0 Å². The molecule has 6 nitrogen and oxygen atoms in total. The van der Waals surface area contributed by atoms with E-state index in [0.29, 0.717) is 26.1 Å². The van der Waals surface area contributed by atoms with Crippen LogP contribution in [0.2, 0.25) is 0 Å². The molecule has 26 heavy (non-hydrogen) atoms. The third kappa shape index (κ3) is 3.91. The summed E-state index contributed by atoms with van der Waals surface area (Å²) in [5.74, 6) is -0.329. The summed E-state index contributed by atoms with van der Waals surface area (Å²) in [6.07, 6.45) is 2.34. The van der Waals surface area contributed by atoms with Gasteiger partial charge in [-0.1, -0.05) is 36.4 Å². The molecular formula is C20H23N3O3. The molecule has 1 aliphatic heterocycles. The number of rotatable bonds is 6. The minimum atomic E-state index is -0.711. The van der Waals surface area contributed by atoms with Crippen molar-refractivity contribution < 1.29 is 14.3 Å². The Bertz CT molecular complexity index is 751. The maximum atomic E-state index is 12.5.